The van der Waals surface area contributed by atoms with Crippen LogP contribution in [0.3, 0.4) is 0 Å². The minimum Gasteiger partial charge on any atom is -0.354 e. The Hall–Kier alpha value is -6.97. The van der Waals surface area contributed by atoms with E-state index in [0.29, 0.717) is 11.8 Å². The molecule has 12 aromatic rings. The van der Waals surface area contributed by atoms with Gasteiger partial charge in [0.15, 0.2) is 5.65 Å². The lowest BCUT2D eigenvalue weighted by atomic mass is 9.99. The van der Waals surface area contributed by atoms with Crippen LogP contribution in [0.25, 0.3) is 103 Å². The van der Waals surface area contributed by atoms with Crippen LogP contribution in [0.15, 0.2) is 86.0 Å². The van der Waals surface area contributed by atoms with Gasteiger partial charge >= 0.3 is 0 Å². The van der Waals surface area contributed by atoms with Gasteiger partial charge in [0.1, 0.15) is 29.9 Å². The summed E-state index contributed by atoms with van der Waals surface area (Å²) in [6.07, 6.45) is 11.3. The Morgan fingerprint density at radius 1 is 0.650 bits per heavy atom. The first kappa shape index (κ1) is 35.0. The van der Waals surface area contributed by atoms with E-state index in [0.717, 1.165) is 105 Å². The predicted molar refractivity (Wildman–Crippen MR) is 239 cm³/mol. The van der Waals surface area contributed by atoms with Gasteiger partial charge in [0.25, 0.3) is 12.0 Å². The van der Waals surface area contributed by atoms with E-state index in [4.69, 9.17) is 15.1 Å². The monoisotopic (exact) mass is 824 g/mol. The molecule has 294 valence electrons. The van der Waals surface area contributed by atoms with Gasteiger partial charge in [-0.05, 0) is 84.8 Å². The third-order valence-electron chi connectivity index (χ3n) is 11.5. The minimum atomic E-state index is 0.299. The van der Waals surface area contributed by atoms with Crippen molar-refractivity contribution in [1.29, 1.82) is 0 Å². The summed E-state index contributed by atoms with van der Waals surface area (Å²) in [6.45, 7) is 13.2. The van der Waals surface area contributed by atoms with E-state index in [1.165, 1.54) is 20.5 Å². The SMILES string of the molecule is Cc1cc(-c2[nH]c3cc(-c4nc5ccc(-[n+]6cnn7cc(-c8[nH]c9cc(-c%10nc%11ccncc%11[nH]%10)sc9c8C(C)C)cc(C)c76)cc5[nH]4)sc3c2C(C)C)cn2ncnc12. The molecule has 0 radical (unpaired) electrons. The van der Waals surface area contributed by atoms with Crippen LogP contribution in [0.1, 0.15) is 61.8 Å². The summed E-state index contributed by atoms with van der Waals surface area (Å²) in [4.78, 5) is 35.3. The first-order valence-corrected chi connectivity index (χ1v) is 21.6. The summed E-state index contributed by atoms with van der Waals surface area (Å²) in [5.74, 6) is 2.32. The van der Waals surface area contributed by atoms with Crippen molar-refractivity contribution < 1.29 is 4.57 Å². The number of rotatable bonds is 7. The molecule has 0 amide bonds. The molecule has 11 aromatic heterocycles. The van der Waals surface area contributed by atoms with Crippen LogP contribution < -0.4 is 4.57 Å². The maximum Gasteiger partial charge on any atom is 0.273 e. The molecule has 15 heteroatoms. The summed E-state index contributed by atoms with van der Waals surface area (Å²) < 4.78 is 8.48. The third kappa shape index (κ3) is 5.25. The normalized spacial score (nSPS) is 12.5. The van der Waals surface area contributed by atoms with Gasteiger partial charge in [0.2, 0.25) is 0 Å². The third-order valence-corrected chi connectivity index (χ3v) is 13.9. The average Bonchev–Trinajstić information content (AvgIpc) is 4.07. The highest BCUT2D eigenvalue weighted by Gasteiger charge is 2.25. The first-order valence-electron chi connectivity index (χ1n) is 20.0. The largest absolute Gasteiger partial charge is 0.354 e. The van der Waals surface area contributed by atoms with E-state index in [2.05, 4.69) is 136 Å². The number of aryl methyl sites for hydroxylation is 2. The lowest BCUT2D eigenvalue weighted by molar-refractivity contribution is -0.568. The van der Waals surface area contributed by atoms with Crippen LogP contribution in [-0.4, -0.2) is 59.1 Å². The molecule has 1 aromatic carbocycles. The van der Waals surface area contributed by atoms with Crippen molar-refractivity contribution in [2.24, 2.45) is 0 Å². The van der Waals surface area contributed by atoms with Crippen LogP contribution in [0.2, 0.25) is 0 Å². The van der Waals surface area contributed by atoms with Gasteiger partial charge < -0.3 is 19.9 Å². The number of hydrogen-bond donors (Lipinski definition) is 4. The number of aromatic amines is 4. The molecule has 0 fully saturated rings. The fourth-order valence-electron chi connectivity index (χ4n) is 8.84. The average molecular weight is 825 g/mol. The molecule has 0 aliphatic heterocycles. The fraction of sp³-hybridized carbons (Fsp3) is 0.178. The predicted octanol–water partition coefficient (Wildman–Crippen LogP) is 10.4. The Labute approximate surface area is 349 Å². The molecule has 11 heterocycles. The molecule has 0 bridgehead atoms. The summed E-state index contributed by atoms with van der Waals surface area (Å²) in [7, 11) is 0. The van der Waals surface area contributed by atoms with Crippen molar-refractivity contribution in [2.45, 2.75) is 53.4 Å². The molecule has 0 unspecified atom stereocenters. The molecular formula is C45H38N13S2+. The Bertz CT molecular complexity index is 3640. The Kier molecular flexibility index (Phi) is 7.45. The quantitative estimate of drug-likeness (QED) is 0.117. The zero-order chi connectivity index (χ0) is 40.6. The molecule has 0 saturated carbocycles. The molecule has 4 N–H and O–H groups in total. The smallest absolute Gasteiger partial charge is 0.273 e. The summed E-state index contributed by atoms with van der Waals surface area (Å²) in [6, 6.07) is 17.2. The maximum absolute atomic E-state index is 5.05. The van der Waals surface area contributed by atoms with E-state index in [1.54, 1.807) is 35.2 Å². The maximum atomic E-state index is 5.05. The van der Waals surface area contributed by atoms with Gasteiger partial charge in [-0.1, -0.05) is 32.2 Å². The number of aromatic nitrogens is 13. The second kappa shape index (κ2) is 12.8. The van der Waals surface area contributed by atoms with Gasteiger partial charge in [0.05, 0.1) is 69.8 Å². The molecule has 0 aliphatic rings. The Morgan fingerprint density at radius 2 is 1.28 bits per heavy atom. The van der Waals surface area contributed by atoms with Crippen LogP contribution >= 0.6 is 22.7 Å². The number of nitrogens with one attached hydrogen (secondary N) is 4. The molecule has 0 atom stereocenters. The minimum absolute atomic E-state index is 0.299. The van der Waals surface area contributed by atoms with Crippen molar-refractivity contribution in [2.75, 3.05) is 0 Å². The fourth-order valence-corrected chi connectivity index (χ4v) is 11.4. The lowest BCUT2D eigenvalue weighted by Crippen LogP contribution is -2.29. The second-order valence-corrected chi connectivity index (χ2v) is 18.3. The standard InChI is InChI=1S/C45H38N13S2/c1-21(2)36-38(25-11-23(5)44-47-19-48-57(44)17-25)50-31-14-34(59-40(31)36)42-52-28-8-7-27(13-30(28)54-42)56-20-49-58-18-26(12-24(6)45(56)58)39-37(22(3)4)41-32(51-39)15-35(60-41)43-53-29-9-10-46-16-33(29)55-43/h7-22,50-51H,1-6H3,(H,52,54)(H,53,55)/q+1. The van der Waals surface area contributed by atoms with E-state index < -0.39 is 0 Å². The number of nitrogens with zero attached hydrogens (tertiary/aromatic N) is 9. The number of thiophene rings is 2. The number of pyridine rings is 3. The first-order chi connectivity index (χ1) is 29.1. The highest BCUT2D eigenvalue weighted by Crippen LogP contribution is 2.44. The van der Waals surface area contributed by atoms with Crippen LogP contribution in [0, 0.1) is 13.8 Å². The van der Waals surface area contributed by atoms with E-state index in [9.17, 15) is 0 Å². The highest BCUT2D eigenvalue weighted by molar-refractivity contribution is 7.22. The van der Waals surface area contributed by atoms with Crippen molar-refractivity contribution >= 4 is 76.5 Å². The summed E-state index contributed by atoms with van der Waals surface area (Å²) in [5, 5.41) is 9.28. The van der Waals surface area contributed by atoms with Gasteiger partial charge in [-0.25, -0.2) is 19.5 Å². The molecule has 0 saturated heterocycles. The number of benzene rings is 1. The molecule has 60 heavy (non-hydrogen) atoms. The number of imidazole rings is 2. The molecule has 12 rings (SSSR count). The zero-order valence-electron chi connectivity index (χ0n) is 33.6. The molecule has 13 nitrogen and oxygen atoms in total. The lowest BCUT2D eigenvalue weighted by Gasteiger charge is -2.09. The van der Waals surface area contributed by atoms with Gasteiger partial charge in [-0.2, -0.15) is 9.67 Å². The zero-order valence-corrected chi connectivity index (χ0v) is 35.2. The number of hydrogen-bond acceptors (Lipinski definition) is 8. The van der Waals surface area contributed by atoms with Gasteiger partial charge in [0, 0.05) is 40.2 Å². The molecule has 0 aliphatic carbocycles. The van der Waals surface area contributed by atoms with E-state index in [-0.39, 0.29) is 0 Å². The topological polar surface area (TPSA) is 153 Å². The van der Waals surface area contributed by atoms with Crippen molar-refractivity contribution in [1.82, 2.24) is 59.1 Å². The number of H-pyrrole nitrogens is 4. The Morgan fingerprint density at radius 3 is 1.95 bits per heavy atom. The summed E-state index contributed by atoms with van der Waals surface area (Å²) >= 11 is 3.53. The van der Waals surface area contributed by atoms with Crippen molar-refractivity contribution in [3.63, 3.8) is 0 Å². The second-order valence-electron chi connectivity index (χ2n) is 16.2. The van der Waals surface area contributed by atoms with Crippen LogP contribution in [0.5, 0.6) is 0 Å². The molecular weight excluding hydrogens is 787 g/mol. The Balaban J connectivity index is 0.877. The van der Waals surface area contributed by atoms with Crippen molar-refractivity contribution in [3.8, 4) is 49.6 Å². The van der Waals surface area contributed by atoms with Gasteiger partial charge in [-0.15, -0.1) is 22.7 Å². The van der Waals surface area contributed by atoms with Crippen LogP contribution in [-0.2, 0) is 0 Å². The van der Waals surface area contributed by atoms with E-state index >= 15 is 0 Å². The van der Waals surface area contributed by atoms with Gasteiger partial charge in [-0.3, -0.25) is 4.98 Å². The highest BCUT2D eigenvalue weighted by atomic mass is 32.1. The summed E-state index contributed by atoms with van der Waals surface area (Å²) in [5.41, 5.74) is 18.1. The molecule has 0 spiro atoms. The van der Waals surface area contributed by atoms with E-state index in [1.807, 2.05) is 27.6 Å². The van der Waals surface area contributed by atoms with Crippen molar-refractivity contribution in [3.05, 3.63) is 108 Å². The van der Waals surface area contributed by atoms with Crippen LogP contribution in [0.4, 0.5) is 0 Å². The number of fused-ring (bicyclic) bond motifs is 6.